The largest absolute Gasteiger partial charge is 0.504 e. The fourth-order valence-corrected chi connectivity index (χ4v) is 4.33. The minimum absolute atomic E-state index is 0.103. The van der Waals surface area contributed by atoms with Crippen molar-refractivity contribution in [3.63, 3.8) is 0 Å². The van der Waals surface area contributed by atoms with E-state index in [0.717, 1.165) is 22.3 Å². The van der Waals surface area contributed by atoms with E-state index in [2.05, 4.69) is 0 Å². The van der Waals surface area contributed by atoms with Gasteiger partial charge < -0.3 is 19.2 Å². The topological polar surface area (TPSA) is 62.9 Å². The molecule has 1 atom stereocenters. The average Bonchev–Trinajstić information content (AvgIpc) is 3.24. The zero-order chi connectivity index (χ0) is 18.1. The second-order valence-electron chi connectivity index (χ2n) is 6.19. The molecule has 134 valence electrons. The molecule has 0 saturated carbocycles. The quantitative estimate of drug-likeness (QED) is 0.737. The van der Waals surface area contributed by atoms with E-state index in [-0.39, 0.29) is 17.0 Å². The van der Waals surface area contributed by atoms with E-state index in [1.807, 2.05) is 41.3 Å². The lowest BCUT2D eigenvalue weighted by atomic mass is 10.1. The molecule has 1 aliphatic heterocycles. The van der Waals surface area contributed by atoms with Gasteiger partial charge in [-0.3, -0.25) is 4.79 Å². The van der Waals surface area contributed by atoms with Crippen molar-refractivity contribution in [1.29, 1.82) is 0 Å². The molecule has 4 rings (SSSR count). The minimum Gasteiger partial charge on any atom is -0.504 e. The van der Waals surface area contributed by atoms with Crippen molar-refractivity contribution < 1.29 is 19.1 Å². The van der Waals surface area contributed by atoms with Gasteiger partial charge >= 0.3 is 0 Å². The Morgan fingerprint density at radius 1 is 1.27 bits per heavy atom. The maximum absolute atomic E-state index is 12.4. The Kier molecular flexibility index (Phi) is 4.51. The van der Waals surface area contributed by atoms with Gasteiger partial charge in [-0.1, -0.05) is 24.3 Å². The number of phenols is 1. The van der Waals surface area contributed by atoms with Crippen molar-refractivity contribution in [1.82, 2.24) is 4.90 Å². The van der Waals surface area contributed by atoms with Crippen LogP contribution in [0.1, 0.15) is 16.7 Å². The van der Waals surface area contributed by atoms with Crippen molar-refractivity contribution >= 4 is 28.6 Å². The summed E-state index contributed by atoms with van der Waals surface area (Å²) in [5.74, 6) is 1.94. The van der Waals surface area contributed by atoms with E-state index in [9.17, 15) is 9.90 Å². The first-order chi connectivity index (χ1) is 12.7. The third kappa shape index (κ3) is 3.12. The van der Waals surface area contributed by atoms with Gasteiger partial charge in [0, 0.05) is 11.9 Å². The number of ether oxygens (including phenoxy) is 1. The van der Waals surface area contributed by atoms with Crippen LogP contribution in [-0.2, 0) is 11.2 Å². The van der Waals surface area contributed by atoms with Crippen molar-refractivity contribution in [3.05, 3.63) is 59.9 Å². The third-order valence-corrected chi connectivity index (χ3v) is 5.76. The SMILES string of the molecule is COc1cc(CCN2C(=O)CSC2c2cc3ccccc3o2)ccc1O. The highest BCUT2D eigenvalue weighted by atomic mass is 32.2. The number of furan rings is 1. The lowest BCUT2D eigenvalue weighted by Gasteiger charge is -2.22. The predicted octanol–water partition coefficient (Wildman–Crippen LogP) is 3.96. The first kappa shape index (κ1) is 16.8. The van der Waals surface area contributed by atoms with Crippen LogP contribution in [0.2, 0.25) is 0 Å². The Hall–Kier alpha value is -2.60. The number of amides is 1. The average molecular weight is 369 g/mol. The number of rotatable bonds is 5. The monoisotopic (exact) mass is 369 g/mol. The Bertz CT molecular complexity index is 919. The summed E-state index contributed by atoms with van der Waals surface area (Å²) < 4.78 is 11.1. The zero-order valence-corrected chi connectivity index (χ0v) is 15.2. The molecule has 1 unspecified atom stereocenters. The lowest BCUT2D eigenvalue weighted by molar-refractivity contribution is -0.128. The first-order valence-electron chi connectivity index (χ1n) is 8.41. The summed E-state index contributed by atoms with van der Waals surface area (Å²) in [5.41, 5.74) is 1.85. The minimum atomic E-state index is -0.103. The predicted molar refractivity (Wildman–Crippen MR) is 101 cm³/mol. The lowest BCUT2D eigenvalue weighted by Crippen LogP contribution is -2.30. The van der Waals surface area contributed by atoms with Gasteiger partial charge in [0.2, 0.25) is 5.91 Å². The summed E-state index contributed by atoms with van der Waals surface area (Å²) >= 11 is 1.59. The van der Waals surface area contributed by atoms with Crippen LogP contribution in [0, 0.1) is 0 Å². The van der Waals surface area contributed by atoms with Crippen molar-refractivity contribution in [3.8, 4) is 11.5 Å². The number of carbonyl (C=O) groups excluding carboxylic acids is 1. The molecule has 1 aliphatic rings. The molecule has 0 radical (unpaired) electrons. The fraction of sp³-hybridized carbons (Fsp3) is 0.250. The molecule has 6 heteroatoms. The van der Waals surface area contributed by atoms with Gasteiger partial charge in [-0.25, -0.2) is 0 Å². The van der Waals surface area contributed by atoms with Gasteiger partial charge in [0.15, 0.2) is 11.5 Å². The third-order valence-electron chi connectivity index (χ3n) is 4.54. The van der Waals surface area contributed by atoms with E-state index >= 15 is 0 Å². The summed E-state index contributed by atoms with van der Waals surface area (Å²) in [6.07, 6.45) is 0.680. The van der Waals surface area contributed by atoms with Crippen LogP contribution in [0.15, 0.2) is 52.9 Å². The van der Waals surface area contributed by atoms with Gasteiger partial charge in [-0.05, 0) is 36.2 Å². The maximum Gasteiger partial charge on any atom is 0.233 e. The molecular weight excluding hydrogens is 350 g/mol. The summed E-state index contributed by atoms with van der Waals surface area (Å²) in [7, 11) is 1.52. The van der Waals surface area contributed by atoms with E-state index < -0.39 is 0 Å². The number of nitrogens with zero attached hydrogens (tertiary/aromatic N) is 1. The van der Waals surface area contributed by atoms with Crippen LogP contribution >= 0.6 is 11.8 Å². The molecule has 2 heterocycles. The van der Waals surface area contributed by atoms with Crippen molar-refractivity contribution in [2.24, 2.45) is 0 Å². The molecule has 5 nitrogen and oxygen atoms in total. The second kappa shape index (κ2) is 6.96. The van der Waals surface area contributed by atoms with Gasteiger partial charge in [0.1, 0.15) is 16.7 Å². The van der Waals surface area contributed by atoms with Gasteiger partial charge in [0.25, 0.3) is 0 Å². The molecule has 1 saturated heterocycles. The number of aromatic hydroxyl groups is 1. The highest BCUT2D eigenvalue weighted by Gasteiger charge is 2.34. The number of hydrogen-bond acceptors (Lipinski definition) is 5. The molecule has 1 N–H and O–H groups in total. The Labute approximate surface area is 155 Å². The van der Waals surface area contributed by atoms with Gasteiger partial charge in [-0.2, -0.15) is 0 Å². The first-order valence-corrected chi connectivity index (χ1v) is 9.46. The van der Waals surface area contributed by atoms with E-state index in [0.29, 0.717) is 24.5 Å². The number of benzene rings is 2. The summed E-state index contributed by atoms with van der Waals surface area (Å²) in [4.78, 5) is 14.2. The molecule has 2 aromatic carbocycles. The number of hydrogen-bond donors (Lipinski definition) is 1. The summed E-state index contributed by atoms with van der Waals surface area (Å²) in [5, 5.41) is 10.7. The van der Waals surface area contributed by atoms with Crippen LogP contribution < -0.4 is 4.74 Å². The number of thioether (sulfide) groups is 1. The molecule has 0 bridgehead atoms. The van der Waals surface area contributed by atoms with Crippen molar-refractivity contribution in [2.45, 2.75) is 11.8 Å². The molecule has 1 fully saturated rings. The smallest absolute Gasteiger partial charge is 0.233 e. The normalized spacial score (nSPS) is 17.2. The van der Waals surface area contributed by atoms with Crippen LogP contribution in [0.5, 0.6) is 11.5 Å². The highest BCUT2D eigenvalue weighted by molar-refractivity contribution is 8.00. The second-order valence-corrected chi connectivity index (χ2v) is 7.26. The molecular formula is C20H19NO4S. The molecule has 0 aliphatic carbocycles. The van der Waals surface area contributed by atoms with Gasteiger partial charge in [-0.15, -0.1) is 11.8 Å². The highest BCUT2D eigenvalue weighted by Crippen LogP contribution is 2.40. The molecule has 0 spiro atoms. The number of carbonyl (C=O) groups is 1. The summed E-state index contributed by atoms with van der Waals surface area (Å²) in [6.45, 7) is 0.585. The summed E-state index contributed by atoms with van der Waals surface area (Å²) in [6, 6.07) is 15.2. The van der Waals surface area contributed by atoms with E-state index in [4.69, 9.17) is 9.15 Å². The Morgan fingerprint density at radius 2 is 2.12 bits per heavy atom. The molecule has 1 amide bonds. The standard InChI is InChI=1S/C20H19NO4S/c1-24-17-10-13(6-7-15(17)22)8-9-21-19(23)12-26-20(21)18-11-14-4-2-3-5-16(14)25-18/h2-7,10-11,20,22H,8-9,12H2,1H3. The number of fused-ring (bicyclic) bond motifs is 1. The maximum atomic E-state index is 12.4. The van der Waals surface area contributed by atoms with E-state index in [1.54, 1.807) is 23.9 Å². The van der Waals surface area contributed by atoms with Crippen LogP contribution in [0.25, 0.3) is 11.0 Å². The van der Waals surface area contributed by atoms with Crippen molar-refractivity contribution in [2.75, 3.05) is 19.4 Å². The molecule has 3 aromatic rings. The van der Waals surface area contributed by atoms with E-state index in [1.165, 1.54) is 7.11 Å². The van der Waals surface area contributed by atoms with Crippen LogP contribution in [-0.4, -0.2) is 35.3 Å². The number of para-hydroxylation sites is 1. The molecule has 1 aromatic heterocycles. The molecule has 26 heavy (non-hydrogen) atoms. The van der Waals surface area contributed by atoms with Crippen LogP contribution in [0.3, 0.4) is 0 Å². The fourth-order valence-electron chi connectivity index (χ4n) is 3.18. The van der Waals surface area contributed by atoms with Crippen LogP contribution in [0.4, 0.5) is 0 Å². The number of phenolic OH excluding ortho intramolecular Hbond substituents is 1. The number of methoxy groups -OCH3 is 1. The Morgan fingerprint density at radius 3 is 2.92 bits per heavy atom. The zero-order valence-electron chi connectivity index (χ0n) is 14.3. The van der Waals surface area contributed by atoms with Gasteiger partial charge in [0.05, 0.1) is 12.9 Å². The Balaban J connectivity index is 1.53.